The SMILES string of the molecule is C=CCN(CCC)c1cc(CN)nc2ccccc12. The Bertz CT molecular complexity index is 563. The number of nitrogens with two attached hydrogens (primary N) is 1. The Morgan fingerprint density at radius 2 is 2.16 bits per heavy atom. The minimum Gasteiger partial charge on any atom is -0.367 e. The molecule has 2 aromatic rings. The molecular formula is C16H21N3. The number of hydrogen-bond acceptors (Lipinski definition) is 3. The molecule has 0 aliphatic heterocycles. The van der Waals surface area contributed by atoms with Crippen molar-refractivity contribution < 1.29 is 0 Å². The fraction of sp³-hybridized carbons (Fsp3) is 0.312. The summed E-state index contributed by atoms with van der Waals surface area (Å²) in [6.07, 6.45) is 3.04. The molecule has 0 aliphatic carbocycles. The first-order chi connectivity index (χ1) is 9.30. The normalized spacial score (nSPS) is 10.6. The summed E-state index contributed by atoms with van der Waals surface area (Å²) < 4.78 is 0. The Morgan fingerprint density at radius 3 is 2.84 bits per heavy atom. The fourth-order valence-corrected chi connectivity index (χ4v) is 2.31. The van der Waals surface area contributed by atoms with E-state index in [2.05, 4.69) is 35.5 Å². The molecule has 2 rings (SSSR count). The summed E-state index contributed by atoms with van der Waals surface area (Å²) >= 11 is 0. The van der Waals surface area contributed by atoms with Crippen molar-refractivity contribution in [3.8, 4) is 0 Å². The molecule has 2 N–H and O–H groups in total. The van der Waals surface area contributed by atoms with Crippen LogP contribution in [0, 0.1) is 0 Å². The van der Waals surface area contributed by atoms with Crippen LogP contribution in [0.5, 0.6) is 0 Å². The second kappa shape index (κ2) is 6.34. The Hall–Kier alpha value is -1.87. The molecule has 1 aromatic carbocycles. The van der Waals surface area contributed by atoms with Crippen molar-refractivity contribution in [1.82, 2.24) is 4.98 Å². The Balaban J connectivity index is 2.57. The van der Waals surface area contributed by atoms with E-state index in [4.69, 9.17) is 5.73 Å². The number of pyridine rings is 1. The quantitative estimate of drug-likeness (QED) is 0.806. The third-order valence-corrected chi connectivity index (χ3v) is 3.14. The summed E-state index contributed by atoms with van der Waals surface area (Å²) in [5, 5.41) is 1.18. The van der Waals surface area contributed by atoms with Gasteiger partial charge in [0.15, 0.2) is 0 Å². The van der Waals surface area contributed by atoms with E-state index >= 15 is 0 Å². The maximum absolute atomic E-state index is 5.76. The summed E-state index contributed by atoms with van der Waals surface area (Å²) in [6.45, 7) is 8.34. The first-order valence-electron chi connectivity index (χ1n) is 6.74. The zero-order valence-electron chi connectivity index (χ0n) is 11.5. The third kappa shape index (κ3) is 2.93. The molecule has 0 saturated heterocycles. The van der Waals surface area contributed by atoms with E-state index in [-0.39, 0.29) is 0 Å². The van der Waals surface area contributed by atoms with Crippen LogP contribution >= 0.6 is 0 Å². The predicted molar refractivity (Wildman–Crippen MR) is 82.3 cm³/mol. The monoisotopic (exact) mass is 255 g/mol. The van der Waals surface area contributed by atoms with Crippen LogP contribution in [0.25, 0.3) is 10.9 Å². The van der Waals surface area contributed by atoms with Gasteiger partial charge in [0.05, 0.1) is 11.2 Å². The minimum atomic E-state index is 0.464. The molecule has 0 amide bonds. The van der Waals surface area contributed by atoms with Crippen molar-refractivity contribution in [2.24, 2.45) is 5.73 Å². The molecule has 0 aliphatic rings. The largest absolute Gasteiger partial charge is 0.367 e. The van der Waals surface area contributed by atoms with Crippen LogP contribution in [0.2, 0.25) is 0 Å². The Kier molecular flexibility index (Phi) is 4.53. The number of hydrogen-bond donors (Lipinski definition) is 1. The summed E-state index contributed by atoms with van der Waals surface area (Å²) in [6, 6.07) is 10.3. The fourth-order valence-electron chi connectivity index (χ4n) is 2.31. The standard InChI is InChI=1S/C16H21N3/c1-3-9-19(10-4-2)16-11-13(12-17)18-15-8-6-5-7-14(15)16/h3,5-8,11H,1,4,9-10,12,17H2,2H3. The van der Waals surface area contributed by atoms with Crippen molar-refractivity contribution in [1.29, 1.82) is 0 Å². The van der Waals surface area contributed by atoms with Gasteiger partial charge in [-0.05, 0) is 18.6 Å². The van der Waals surface area contributed by atoms with Gasteiger partial charge in [-0.15, -0.1) is 6.58 Å². The number of nitrogens with zero attached hydrogens (tertiary/aromatic N) is 2. The van der Waals surface area contributed by atoms with Crippen LogP contribution in [-0.4, -0.2) is 18.1 Å². The van der Waals surface area contributed by atoms with Crippen molar-refractivity contribution in [2.75, 3.05) is 18.0 Å². The smallest absolute Gasteiger partial charge is 0.0726 e. The van der Waals surface area contributed by atoms with Gasteiger partial charge < -0.3 is 10.6 Å². The van der Waals surface area contributed by atoms with E-state index in [0.29, 0.717) is 6.54 Å². The number of anilines is 1. The summed E-state index contributed by atoms with van der Waals surface area (Å²) in [5.41, 5.74) is 8.89. The number of fused-ring (bicyclic) bond motifs is 1. The molecule has 3 heteroatoms. The molecule has 0 radical (unpaired) electrons. The number of benzene rings is 1. The number of aromatic nitrogens is 1. The molecule has 0 fully saturated rings. The maximum Gasteiger partial charge on any atom is 0.0726 e. The maximum atomic E-state index is 5.76. The molecule has 19 heavy (non-hydrogen) atoms. The molecular weight excluding hydrogens is 234 g/mol. The highest BCUT2D eigenvalue weighted by atomic mass is 15.1. The van der Waals surface area contributed by atoms with Crippen LogP contribution in [0.15, 0.2) is 43.0 Å². The summed E-state index contributed by atoms with van der Waals surface area (Å²) in [4.78, 5) is 6.91. The predicted octanol–water partition coefficient (Wildman–Crippen LogP) is 3.10. The average Bonchev–Trinajstić information content (AvgIpc) is 2.46. The third-order valence-electron chi connectivity index (χ3n) is 3.14. The second-order valence-corrected chi connectivity index (χ2v) is 4.59. The van der Waals surface area contributed by atoms with Crippen molar-refractivity contribution >= 4 is 16.6 Å². The van der Waals surface area contributed by atoms with Crippen LogP contribution in [0.1, 0.15) is 19.0 Å². The molecule has 0 bridgehead atoms. The first-order valence-corrected chi connectivity index (χ1v) is 6.74. The van der Waals surface area contributed by atoms with Gasteiger partial charge in [-0.1, -0.05) is 31.2 Å². The van der Waals surface area contributed by atoms with Gasteiger partial charge in [0, 0.05) is 30.7 Å². The topological polar surface area (TPSA) is 42.1 Å². The highest BCUT2D eigenvalue weighted by molar-refractivity contribution is 5.92. The van der Waals surface area contributed by atoms with E-state index in [1.54, 1.807) is 0 Å². The number of rotatable bonds is 6. The van der Waals surface area contributed by atoms with Gasteiger partial charge in [-0.25, -0.2) is 0 Å². The molecule has 0 atom stereocenters. The van der Waals surface area contributed by atoms with Crippen LogP contribution in [0.4, 0.5) is 5.69 Å². The van der Waals surface area contributed by atoms with Crippen molar-refractivity contribution in [3.63, 3.8) is 0 Å². The van der Waals surface area contributed by atoms with Gasteiger partial charge in [-0.2, -0.15) is 0 Å². The highest BCUT2D eigenvalue weighted by Gasteiger charge is 2.10. The number of para-hydroxylation sites is 1. The lowest BCUT2D eigenvalue weighted by Gasteiger charge is -2.24. The molecule has 0 spiro atoms. The minimum absolute atomic E-state index is 0.464. The van der Waals surface area contributed by atoms with E-state index < -0.39 is 0 Å². The molecule has 3 nitrogen and oxygen atoms in total. The molecule has 100 valence electrons. The molecule has 1 heterocycles. The van der Waals surface area contributed by atoms with E-state index in [9.17, 15) is 0 Å². The van der Waals surface area contributed by atoms with Gasteiger partial charge in [-0.3, -0.25) is 4.98 Å². The van der Waals surface area contributed by atoms with Gasteiger partial charge >= 0.3 is 0 Å². The van der Waals surface area contributed by atoms with Crippen LogP contribution in [-0.2, 0) is 6.54 Å². The van der Waals surface area contributed by atoms with Gasteiger partial charge in [0.1, 0.15) is 0 Å². The lowest BCUT2D eigenvalue weighted by Crippen LogP contribution is -2.24. The van der Waals surface area contributed by atoms with Crippen molar-refractivity contribution in [3.05, 3.63) is 48.7 Å². The lowest BCUT2D eigenvalue weighted by molar-refractivity contribution is 0.817. The van der Waals surface area contributed by atoms with Gasteiger partial charge in [0.2, 0.25) is 0 Å². The second-order valence-electron chi connectivity index (χ2n) is 4.59. The van der Waals surface area contributed by atoms with E-state index in [0.717, 1.165) is 30.7 Å². The van der Waals surface area contributed by atoms with E-state index in [1.165, 1.54) is 11.1 Å². The highest BCUT2D eigenvalue weighted by Crippen LogP contribution is 2.27. The lowest BCUT2D eigenvalue weighted by atomic mass is 10.1. The van der Waals surface area contributed by atoms with Gasteiger partial charge in [0.25, 0.3) is 0 Å². The van der Waals surface area contributed by atoms with E-state index in [1.807, 2.05) is 24.3 Å². The molecule has 0 unspecified atom stereocenters. The summed E-state index contributed by atoms with van der Waals surface area (Å²) in [5.74, 6) is 0. The Labute approximate surface area is 114 Å². The Morgan fingerprint density at radius 1 is 1.37 bits per heavy atom. The first kappa shape index (κ1) is 13.6. The molecule has 1 aromatic heterocycles. The zero-order valence-corrected chi connectivity index (χ0v) is 11.5. The van der Waals surface area contributed by atoms with Crippen molar-refractivity contribution in [2.45, 2.75) is 19.9 Å². The average molecular weight is 255 g/mol. The van der Waals surface area contributed by atoms with Crippen LogP contribution < -0.4 is 10.6 Å². The van der Waals surface area contributed by atoms with Crippen LogP contribution in [0.3, 0.4) is 0 Å². The zero-order chi connectivity index (χ0) is 13.7. The summed E-state index contributed by atoms with van der Waals surface area (Å²) in [7, 11) is 0. The molecule has 0 saturated carbocycles.